The molecule has 0 aliphatic carbocycles. The molecule has 0 saturated carbocycles. The van der Waals surface area contributed by atoms with Crippen LogP contribution in [0.4, 0.5) is 11.4 Å². The van der Waals surface area contributed by atoms with Gasteiger partial charge in [0, 0.05) is 6.07 Å². The SMILES string of the molecule is Cc1ccc(OCC(=O)OCC(=O)Nc2ccc(C)cc2[N+](=O)[O-])cc1. The van der Waals surface area contributed by atoms with Crippen molar-refractivity contribution in [2.24, 2.45) is 0 Å². The van der Waals surface area contributed by atoms with Gasteiger partial charge in [0.2, 0.25) is 0 Å². The van der Waals surface area contributed by atoms with Gasteiger partial charge in [0.15, 0.2) is 13.2 Å². The number of amides is 1. The smallest absolute Gasteiger partial charge is 0.344 e. The highest BCUT2D eigenvalue weighted by molar-refractivity contribution is 5.94. The minimum Gasteiger partial charge on any atom is -0.482 e. The van der Waals surface area contributed by atoms with Crippen LogP contribution in [0, 0.1) is 24.0 Å². The summed E-state index contributed by atoms with van der Waals surface area (Å²) in [4.78, 5) is 33.9. The van der Waals surface area contributed by atoms with Crippen molar-refractivity contribution in [2.75, 3.05) is 18.5 Å². The van der Waals surface area contributed by atoms with Gasteiger partial charge in [0.25, 0.3) is 11.6 Å². The molecule has 8 nitrogen and oxygen atoms in total. The van der Waals surface area contributed by atoms with Crippen LogP contribution in [-0.2, 0) is 14.3 Å². The molecule has 0 saturated heterocycles. The fraction of sp³-hybridized carbons (Fsp3) is 0.222. The highest BCUT2D eigenvalue weighted by Gasteiger charge is 2.17. The lowest BCUT2D eigenvalue weighted by Gasteiger charge is -2.08. The Kier molecular flexibility index (Phi) is 6.26. The topological polar surface area (TPSA) is 108 Å². The summed E-state index contributed by atoms with van der Waals surface area (Å²) in [6.45, 7) is 2.71. The van der Waals surface area contributed by atoms with E-state index in [4.69, 9.17) is 9.47 Å². The van der Waals surface area contributed by atoms with E-state index in [0.29, 0.717) is 11.3 Å². The second kappa shape index (κ2) is 8.61. The molecule has 0 aromatic heterocycles. The number of benzene rings is 2. The number of hydrogen-bond acceptors (Lipinski definition) is 6. The summed E-state index contributed by atoms with van der Waals surface area (Å²) in [6.07, 6.45) is 0. The lowest BCUT2D eigenvalue weighted by Crippen LogP contribution is -2.24. The molecule has 0 unspecified atom stereocenters. The van der Waals surface area contributed by atoms with Crippen molar-refractivity contribution in [3.8, 4) is 5.75 Å². The number of carbonyl (C=O) groups is 2. The molecule has 0 bridgehead atoms. The number of anilines is 1. The van der Waals surface area contributed by atoms with E-state index in [1.54, 1.807) is 25.1 Å². The second-order valence-corrected chi connectivity index (χ2v) is 5.59. The van der Waals surface area contributed by atoms with E-state index >= 15 is 0 Å². The third-order valence-corrected chi connectivity index (χ3v) is 3.37. The van der Waals surface area contributed by atoms with E-state index in [2.05, 4.69) is 5.32 Å². The minimum atomic E-state index is -0.723. The van der Waals surface area contributed by atoms with Crippen LogP contribution in [0.3, 0.4) is 0 Å². The Labute approximate surface area is 149 Å². The van der Waals surface area contributed by atoms with Crippen LogP contribution in [0.1, 0.15) is 11.1 Å². The number of nitro benzene ring substituents is 1. The third-order valence-electron chi connectivity index (χ3n) is 3.37. The number of nitrogens with one attached hydrogen (secondary N) is 1. The third kappa shape index (κ3) is 5.59. The Balaban J connectivity index is 1.82. The summed E-state index contributed by atoms with van der Waals surface area (Å²) in [6, 6.07) is 11.5. The van der Waals surface area contributed by atoms with Crippen molar-refractivity contribution < 1.29 is 24.0 Å². The Morgan fingerprint density at radius 2 is 1.69 bits per heavy atom. The normalized spacial score (nSPS) is 10.1. The lowest BCUT2D eigenvalue weighted by atomic mass is 10.2. The molecule has 1 amide bonds. The van der Waals surface area contributed by atoms with E-state index in [9.17, 15) is 19.7 Å². The molecule has 0 radical (unpaired) electrons. The molecule has 8 heteroatoms. The summed E-state index contributed by atoms with van der Waals surface area (Å²) in [7, 11) is 0. The van der Waals surface area contributed by atoms with Crippen LogP contribution in [0.25, 0.3) is 0 Å². The van der Waals surface area contributed by atoms with Gasteiger partial charge in [-0.05, 0) is 37.6 Å². The van der Waals surface area contributed by atoms with Crippen molar-refractivity contribution in [3.05, 3.63) is 63.7 Å². The maximum atomic E-state index is 11.8. The van der Waals surface area contributed by atoms with Crippen LogP contribution in [0.5, 0.6) is 5.75 Å². The molecule has 2 aromatic carbocycles. The van der Waals surface area contributed by atoms with Gasteiger partial charge in [-0.25, -0.2) is 4.79 Å². The Hall–Kier alpha value is -3.42. The van der Waals surface area contributed by atoms with E-state index in [1.165, 1.54) is 12.1 Å². The van der Waals surface area contributed by atoms with E-state index in [0.717, 1.165) is 5.56 Å². The van der Waals surface area contributed by atoms with Gasteiger partial charge >= 0.3 is 5.97 Å². The molecule has 0 heterocycles. The van der Waals surface area contributed by atoms with Crippen molar-refractivity contribution in [2.45, 2.75) is 13.8 Å². The fourth-order valence-corrected chi connectivity index (χ4v) is 2.05. The Bertz CT molecular complexity index is 817. The number of carbonyl (C=O) groups excluding carboxylic acids is 2. The van der Waals surface area contributed by atoms with Crippen LogP contribution >= 0.6 is 0 Å². The van der Waals surface area contributed by atoms with E-state index in [-0.39, 0.29) is 18.0 Å². The molecule has 0 aliphatic heterocycles. The predicted octanol–water partition coefficient (Wildman–Crippen LogP) is 2.77. The number of ether oxygens (including phenoxy) is 2. The minimum absolute atomic E-state index is 0.0394. The van der Waals surface area contributed by atoms with Crippen LogP contribution in [0.15, 0.2) is 42.5 Å². The molecular weight excluding hydrogens is 340 g/mol. The summed E-state index contributed by atoms with van der Waals surface area (Å²) >= 11 is 0. The molecule has 136 valence electrons. The first-order valence-electron chi connectivity index (χ1n) is 7.75. The molecule has 0 spiro atoms. The van der Waals surface area contributed by atoms with Crippen LogP contribution < -0.4 is 10.1 Å². The summed E-state index contributed by atoms with van der Waals surface area (Å²) < 4.78 is 10.0. The van der Waals surface area contributed by atoms with Crippen molar-refractivity contribution in [1.82, 2.24) is 0 Å². The highest BCUT2D eigenvalue weighted by atomic mass is 16.6. The quantitative estimate of drug-likeness (QED) is 0.463. The maximum absolute atomic E-state index is 11.8. The molecule has 1 N–H and O–H groups in total. The molecule has 26 heavy (non-hydrogen) atoms. The summed E-state index contributed by atoms with van der Waals surface area (Å²) in [5, 5.41) is 13.4. The molecule has 0 aliphatic rings. The van der Waals surface area contributed by atoms with Crippen molar-refractivity contribution >= 4 is 23.3 Å². The molecule has 0 fully saturated rings. The lowest BCUT2D eigenvalue weighted by molar-refractivity contribution is -0.384. The van der Waals surface area contributed by atoms with Crippen LogP contribution in [0.2, 0.25) is 0 Å². The standard InChI is InChI=1S/C18H18N2O6/c1-12-3-6-14(7-4-12)25-11-18(22)26-10-17(21)19-15-8-5-13(2)9-16(15)20(23)24/h3-9H,10-11H2,1-2H3,(H,19,21). The highest BCUT2D eigenvalue weighted by Crippen LogP contribution is 2.25. The fourth-order valence-electron chi connectivity index (χ4n) is 2.05. The average Bonchev–Trinajstić information content (AvgIpc) is 2.61. The zero-order valence-corrected chi connectivity index (χ0v) is 14.4. The average molecular weight is 358 g/mol. The summed E-state index contributed by atoms with van der Waals surface area (Å²) in [5.74, 6) is -0.896. The zero-order valence-electron chi connectivity index (χ0n) is 14.4. The monoisotopic (exact) mass is 358 g/mol. The van der Waals surface area contributed by atoms with Crippen molar-refractivity contribution in [3.63, 3.8) is 0 Å². The first-order valence-corrected chi connectivity index (χ1v) is 7.75. The molecule has 2 rings (SSSR count). The maximum Gasteiger partial charge on any atom is 0.344 e. The van der Waals surface area contributed by atoms with Gasteiger partial charge in [-0.1, -0.05) is 23.8 Å². The number of hydrogen-bond donors (Lipinski definition) is 1. The largest absolute Gasteiger partial charge is 0.482 e. The molecule has 2 aromatic rings. The van der Waals surface area contributed by atoms with Gasteiger partial charge < -0.3 is 14.8 Å². The number of nitrogens with zero attached hydrogens (tertiary/aromatic N) is 1. The summed E-state index contributed by atoms with van der Waals surface area (Å²) in [5.41, 5.74) is 1.56. The number of rotatable bonds is 7. The second-order valence-electron chi connectivity index (χ2n) is 5.59. The first-order chi connectivity index (χ1) is 12.3. The van der Waals surface area contributed by atoms with E-state index in [1.807, 2.05) is 19.1 Å². The first kappa shape index (κ1) is 18.9. The zero-order chi connectivity index (χ0) is 19.1. The Morgan fingerprint density at radius 1 is 1.04 bits per heavy atom. The van der Waals surface area contributed by atoms with Gasteiger partial charge in [-0.15, -0.1) is 0 Å². The number of nitro groups is 1. The predicted molar refractivity (Wildman–Crippen MR) is 94.1 cm³/mol. The van der Waals surface area contributed by atoms with Crippen molar-refractivity contribution in [1.29, 1.82) is 0 Å². The van der Waals surface area contributed by atoms with Gasteiger partial charge in [0.1, 0.15) is 11.4 Å². The van der Waals surface area contributed by atoms with Gasteiger partial charge in [0.05, 0.1) is 4.92 Å². The van der Waals surface area contributed by atoms with E-state index < -0.39 is 23.4 Å². The van der Waals surface area contributed by atoms with Crippen LogP contribution in [-0.4, -0.2) is 30.0 Å². The Morgan fingerprint density at radius 3 is 2.35 bits per heavy atom. The van der Waals surface area contributed by atoms with Gasteiger partial charge in [-0.2, -0.15) is 0 Å². The number of aryl methyl sites for hydroxylation is 2. The van der Waals surface area contributed by atoms with Gasteiger partial charge in [-0.3, -0.25) is 14.9 Å². The molecule has 0 atom stereocenters. The number of esters is 1. The molecular formula is C18H18N2O6.